The monoisotopic (exact) mass is 286 g/mol. The zero-order valence-electron chi connectivity index (χ0n) is 11.8. The van der Waals surface area contributed by atoms with Crippen LogP contribution in [0.3, 0.4) is 0 Å². The van der Waals surface area contributed by atoms with Gasteiger partial charge in [0.1, 0.15) is 5.54 Å². The summed E-state index contributed by atoms with van der Waals surface area (Å²) >= 11 is 0. The number of hydrogen-bond acceptors (Lipinski definition) is 3. The Balaban J connectivity index is 2.17. The second-order valence-corrected chi connectivity index (χ2v) is 5.44. The van der Waals surface area contributed by atoms with E-state index in [9.17, 15) is 14.7 Å². The quantitative estimate of drug-likeness (QED) is 0.835. The van der Waals surface area contributed by atoms with Crippen LogP contribution in [-0.4, -0.2) is 22.5 Å². The lowest BCUT2D eigenvalue weighted by atomic mass is 9.90. The summed E-state index contributed by atoms with van der Waals surface area (Å²) in [5, 5.41) is 21.0. The van der Waals surface area contributed by atoms with E-state index in [0.717, 1.165) is 25.7 Å². The maximum atomic E-state index is 12.3. The first-order valence-corrected chi connectivity index (χ1v) is 7.13. The first-order valence-electron chi connectivity index (χ1n) is 7.13. The van der Waals surface area contributed by atoms with Crippen molar-refractivity contribution < 1.29 is 14.7 Å². The summed E-state index contributed by atoms with van der Waals surface area (Å²) in [4.78, 5) is 23.9. The van der Waals surface area contributed by atoms with Crippen LogP contribution in [0.1, 0.15) is 54.4 Å². The molecule has 0 atom stereocenters. The van der Waals surface area contributed by atoms with E-state index >= 15 is 0 Å². The van der Waals surface area contributed by atoms with E-state index in [2.05, 4.69) is 5.32 Å². The summed E-state index contributed by atoms with van der Waals surface area (Å²) in [5.74, 6) is -1.37. The average Bonchev–Trinajstić information content (AvgIpc) is 2.74. The van der Waals surface area contributed by atoms with E-state index < -0.39 is 17.4 Å². The molecule has 0 aromatic heterocycles. The number of carboxylic acid groups (broad SMARTS) is 1. The molecule has 5 nitrogen and oxygen atoms in total. The molecule has 21 heavy (non-hydrogen) atoms. The number of aliphatic carboxylic acids is 1. The number of rotatable bonds is 3. The lowest BCUT2D eigenvalue weighted by molar-refractivity contribution is -0.145. The minimum absolute atomic E-state index is 0.374. The molecule has 0 spiro atoms. The minimum Gasteiger partial charge on any atom is -0.480 e. The largest absolute Gasteiger partial charge is 0.480 e. The van der Waals surface area contributed by atoms with Gasteiger partial charge in [0.25, 0.3) is 5.91 Å². The Hall–Kier alpha value is -2.35. The number of amides is 1. The van der Waals surface area contributed by atoms with Crippen molar-refractivity contribution in [3.05, 3.63) is 35.4 Å². The summed E-state index contributed by atoms with van der Waals surface area (Å²) in [6, 6.07) is 8.17. The Morgan fingerprint density at radius 2 is 1.67 bits per heavy atom. The van der Waals surface area contributed by atoms with Crippen LogP contribution in [-0.2, 0) is 4.79 Å². The first kappa shape index (κ1) is 15.0. The summed E-state index contributed by atoms with van der Waals surface area (Å²) < 4.78 is 0. The van der Waals surface area contributed by atoms with Crippen LogP contribution >= 0.6 is 0 Å². The van der Waals surface area contributed by atoms with E-state index in [4.69, 9.17) is 5.26 Å². The number of nitrogens with zero attached hydrogens (tertiary/aromatic N) is 1. The number of carboxylic acids is 1. The third-order valence-corrected chi connectivity index (χ3v) is 4.00. The molecule has 1 aromatic rings. The third-order valence-electron chi connectivity index (χ3n) is 4.00. The molecule has 1 fully saturated rings. The van der Waals surface area contributed by atoms with E-state index in [1.165, 1.54) is 0 Å². The Kier molecular flexibility index (Phi) is 4.59. The minimum atomic E-state index is -1.17. The normalized spacial score (nSPS) is 17.3. The average molecular weight is 286 g/mol. The lowest BCUT2D eigenvalue weighted by Crippen LogP contribution is -2.54. The second kappa shape index (κ2) is 6.40. The predicted octanol–water partition coefficient (Wildman–Crippen LogP) is 2.47. The van der Waals surface area contributed by atoms with Gasteiger partial charge in [-0.2, -0.15) is 5.26 Å². The molecule has 0 aliphatic heterocycles. The summed E-state index contributed by atoms with van der Waals surface area (Å²) in [6.45, 7) is 0. The Morgan fingerprint density at radius 3 is 2.14 bits per heavy atom. The van der Waals surface area contributed by atoms with Crippen molar-refractivity contribution in [1.29, 1.82) is 5.26 Å². The predicted molar refractivity (Wildman–Crippen MR) is 76.7 cm³/mol. The molecule has 0 unspecified atom stereocenters. The van der Waals surface area contributed by atoms with Crippen molar-refractivity contribution in [2.45, 2.75) is 44.1 Å². The number of hydrogen-bond donors (Lipinski definition) is 2. The highest BCUT2D eigenvalue weighted by Gasteiger charge is 2.40. The highest BCUT2D eigenvalue weighted by atomic mass is 16.4. The van der Waals surface area contributed by atoms with Crippen LogP contribution in [0, 0.1) is 11.3 Å². The smallest absolute Gasteiger partial charge is 0.329 e. The molecule has 0 radical (unpaired) electrons. The molecule has 1 saturated carbocycles. The summed E-state index contributed by atoms with van der Waals surface area (Å²) in [5.41, 5.74) is -0.325. The molecule has 1 amide bonds. The molecular weight excluding hydrogens is 268 g/mol. The first-order chi connectivity index (χ1) is 10.1. The van der Waals surface area contributed by atoms with Crippen molar-refractivity contribution >= 4 is 11.9 Å². The number of carbonyl (C=O) groups is 2. The van der Waals surface area contributed by atoms with Gasteiger partial charge in [-0.25, -0.2) is 4.79 Å². The standard InChI is InChI=1S/C16H18N2O3/c17-11-12-5-7-13(8-6-12)14(19)18-16(15(20)21)9-3-1-2-4-10-16/h5-8H,1-4,9-10H2,(H,18,19)(H,20,21). The topological polar surface area (TPSA) is 90.2 Å². The van der Waals surface area contributed by atoms with Crippen molar-refractivity contribution in [3.63, 3.8) is 0 Å². The molecule has 2 N–H and O–H groups in total. The SMILES string of the molecule is N#Cc1ccc(C(=O)NC2(C(=O)O)CCCCCC2)cc1. The van der Waals surface area contributed by atoms with Crippen molar-refractivity contribution in [3.8, 4) is 6.07 Å². The summed E-state index contributed by atoms with van der Waals surface area (Å²) in [7, 11) is 0. The Labute approximate surface area is 123 Å². The van der Waals surface area contributed by atoms with Gasteiger partial charge in [0.05, 0.1) is 11.6 Å². The number of carbonyl (C=O) groups excluding carboxylic acids is 1. The Morgan fingerprint density at radius 1 is 1.10 bits per heavy atom. The number of nitrogens with one attached hydrogen (secondary N) is 1. The van der Waals surface area contributed by atoms with Crippen molar-refractivity contribution in [2.24, 2.45) is 0 Å². The fraction of sp³-hybridized carbons (Fsp3) is 0.438. The molecule has 1 aliphatic rings. The molecule has 110 valence electrons. The second-order valence-electron chi connectivity index (χ2n) is 5.44. The zero-order chi connectivity index (χ0) is 15.3. The van der Waals surface area contributed by atoms with Crippen LogP contribution in [0.5, 0.6) is 0 Å². The molecular formula is C16H18N2O3. The van der Waals surface area contributed by atoms with Crippen LogP contribution in [0.2, 0.25) is 0 Å². The molecule has 0 heterocycles. The lowest BCUT2D eigenvalue weighted by Gasteiger charge is -2.29. The van der Waals surface area contributed by atoms with Gasteiger partial charge in [-0.15, -0.1) is 0 Å². The van der Waals surface area contributed by atoms with Gasteiger partial charge in [0, 0.05) is 5.56 Å². The number of nitriles is 1. The van der Waals surface area contributed by atoms with Gasteiger partial charge in [-0.1, -0.05) is 25.7 Å². The Bertz CT molecular complexity index is 564. The third kappa shape index (κ3) is 3.40. The fourth-order valence-corrected chi connectivity index (χ4v) is 2.71. The van der Waals surface area contributed by atoms with Gasteiger partial charge in [0.15, 0.2) is 0 Å². The van der Waals surface area contributed by atoms with Crippen molar-refractivity contribution in [1.82, 2.24) is 5.32 Å². The van der Waals surface area contributed by atoms with E-state index in [1.807, 2.05) is 6.07 Å². The maximum Gasteiger partial charge on any atom is 0.329 e. The van der Waals surface area contributed by atoms with Gasteiger partial charge < -0.3 is 10.4 Å². The highest BCUT2D eigenvalue weighted by Crippen LogP contribution is 2.28. The van der Waals surface area contributed by atoms with Crippen LogP contribution < -0.4 is 5.32 Å². The zero-order valence-corrected chi connectivity index (χ0v) is 11.8. The van der Waals surface area contributed by atoms with E-state index in [-0.39, 0.29) is 0 Å². The maximum absolute atomic E-state index is 12.3. The molecule has 1 aromatic carbocycles. The van der Waals surface area contributed by atoms with Gasteiger partial charge in [-0.3, -0.25) is 4.79 Å². The molecule has 0 bridgehead atoms. The van der Waals surface area contributed by atoms with Gasteiger partial charge >= 0.3 is 5.97 Å². The molecule has 1 aliphatic carbocycles. The van der Waals surface area contributed by atoms with Gasteiger partial charge in [0.2, 0.25) is 0 Å². The van der Waals surface area contributed by atoms with Gasteiger partial charge in [-0.05, 0) is 37.1 Å². The van der Waals surface area contributed by atoms with Crippen molar-refractivity contribution in [2.75, 3.05) is 0 Å². The van der Waals surface area contributed by atoms with E-state index in [1.54, 1.807) is 24.3 Å². The van der Waals surface area contributed by atoms with Crippen LogP contribution in [0.25, 0.3) is 0 Å². The van der Waals surface area contributed by atoms with Crippen LogP contribution in [0.15, 0.2) is 24.3 Å². The molecule has 0 saturated heterocycles. The molecule has 2 rings (SSSR count). The summed E-state index contributed by atoms with van der Waals surface area (Å²) in [6.07, 6.45) is 4.54. The van der Waals surface area contributed by atoms with Crippen LogP contribution in [0.4, 0.5) is 0 Å². The fourth-order valence-electron chi connectivity index (χ4n) is 2.71. The molecule has 5 heteroatoms. The number of benzene rings is 1. The highest BCUT2D eigenvalue weighted by molar-refractivity contribution is 5.98. The van der Waals surface area contributed by atoms with E-state index in [0.29, 0.717) is 24.0 Å².